The van der Waals surface area contributed by atoms with Gasteiger partial charge in [0.2, 0.25) is 0 Å². The average molecular weight is 1980 g/mol. The van der Waals surface area contributed by atoms with Gasteiger partial charge in [0.25, 0.3) is 23.6 Å². The van der Waals surface area contributed by atoms with Crippen LogP contribution >= 0.6 is 0 Å². The number of hydrogen-bond acceptors (Lipinski definition) is 16. The summed E-state index contributed by atoms with van der Waals surface area (Å²) in [6.45, 7) is 28.1. The molecule has 20 heteroatoms. The van der Waals surface area contributed by atoms with Crippen molar-refractivity contribution >= 4 is 23.6 Å². The van der Waals surface area contributed by atoms with E-state index in [-0.39, 0.29) is 47.8 Å². The number of carbonyl (C=O) groups is 4. The molecule has 6 N–H and O–H groups in total. The average Bonchev–Trinajstić information content (AvgIpc) is 1.53. The zero-order chi connectivity index (χ0) is 101. The third-order valence-electron chi connectivity index (χ3n) is 34.6. The van der Waals surface area contributed by atoms with Crippen molar-refractivity contribution in [1.82, 2.24) is 60.5 Å². The number of hydrogen-bond donors (Lipinski definition) is 6. The van der Waals surface area contributed by atoms with E-state index in [9.17, 15) is 29.4 Å². The maximum absolute atomic E-state index is 13.1. The first kappa shape index (κ1) is 107. The first-order valence-electron chi connectivity index (χ1n) is 56.5. The highest BCUT2D eigenvalue weighted by molar-refractivity contribution is 5.96. The molecule has 12 unspecified atom stereocenters. The molecule has 780 valence electrons. The number of nitrogens with zero attached hydrogens (tertiary/aromatic N) is 8. The lowest BCUT2D eigenvalue weighted by molar-refractivity contribution is 0.0919. The molecule has 12 fully saturated rings. The quantitative estimate of drug-likeness (QED) is 0.0183. The van der Waals surface area contributed by atoms with Crippen LogP contribution in [0.3, 0.4) is 0 Å². The lowest BCUT2D eigenvalue weighted by Gasteiger charge is -2.41. The predicted molar refractivity (Wildman–Crippen MR) is 591 cm³/mol. The van der Waals surface area contributed by atoms with Crippen LogP contribution in [0.25, 0.3) is 0 Å². The Bertz CT molecular complexity index is 5500. The van der Waals surface area contributed by atoms with Crippen LogP contribution in [-0.2, 0) is 0 Å². The van der Waals surface area contributed by atoms with Gasteiger partial charge in [-0.1, -0.05) is 224 Å². The molecule has 8 aromatic rings. The molecule has 20 rings (SSSR count). The van der Waals surface area contributed by atoms with Crippen LogP contribution in [0.4, 0.5) is 0 Å². The number of carbonyl (C=O) groups excluding carboxylic acids is 4. The van der Waals surface area contributed by atoms with Crippen molar-refractivity contribution in [3.63, 3.8) is 0 Å². The Labute approximate surface area is 872 Å². The largest absolute Gasteiger partial charge is 0.508 e. The predicted octanol–water partition coefficient (Wildman–Crippen LogP) is 23.2. The minimum atomic E-state index is 0.0287. The fourth-order valence-electron chi connectivity index (χ4n) is 27.1. The van der Waals surface area contributed by atoms with E-state index in [1.165, 1.54) is 200 Å². The number of phenols is 2. The fourth-order valence-corrected chi connectivity index (χ4v) is 27.1. The summed E-state index contributed by atoms with van der Waals surface area (Å²) in [7, 11) is 3.47. The van der Waals surface area contributed by atoms with Crippen LogP contribution in [-0.4, -0.2) is 238 Å². The minimum absolute atomic E-state index is 0.0287. The molecular formula is C126H168N12O8. The number of nitrogens with one attached hydrogen (secondary N) is 4. The van der Waals surface area contributed by atoms with Crippen LogP contribution in [0.2, 0.25) is 0 Å². The summed E-state index contributed by atoms with van der Waals surface area (Å²) in [5, 5.41) is 33.6. The number of rotatable bonds is 30. The van der Waals surface area contributed by atoms with Crippen molar-refractivity contribution in [1.29, 1.82) is 0 Å². The van der Waals surface area contributed by atoms with Gasteiger partial charge in [-0.15, -0.1) is 26.3 Å². The van der Waals surface area contributed by atoms with Crippen molar-refractivity contribution in [3.8, 4) is 23.0 Å². The smallest absolute Gasteiger partial charge is 0.251 e. The van der Waals surface area contributed by atoms with Crippen LogP contribution < -0.4 is 30.7 Å². The van der Waals surface area contributed by atoms with Gasteiger partial charge in [-0.05, 0) is 270 Å². The summed E-state index contributed by atoms with van der Waals surface area (Å²) in [5.41, 5.74) is 12.4. The first-order valence-corrected chi connectivity index (χ1v) is 56.5. The highest BCUT2D eigenvalue weighted by Crippen LogP contribution is 2.44. The summed E-state index contributed by atoms with van der Waals surface area (Å²) in [6, 6.07) is 71.6. The number of benzene rings is 8. The summed E-state index contributed by atoms with van der Waals surface area (Å²) in [5.74, 6) is 2.53. The Morgan fingerprint density at radius 3 is 0.726 bits per heavy atom. The molecule has 4 amide bonds. The van der Waals surface area contributed by atoms with E-state index in [0.29, 0.717) is 84.0 Å². The standard InChI is InChI=1S/C33H45N3O2.C32H43N3O2.C31H41N3O2.C30H39N3O2/c1-3-21-36-29-13-9-14-30(36)24-35(22-20-29)32(27-10-8-15-31(23-27)38-2)25-16-18-26(19-17-25)33(37)34-28-11-6-4-5-7-12-28;1-3-20-35-28-12-8-13-29(35)23-34(21-19-28)31(26-9-7-14-30(22-26)37-2)24-15-17-25(18-16-24)32(36)33-27-10-5-4-6-11-27;1-2-19-34-27-11-7-12-28(34)22-33(20-18-27)30(25-8-6-13-29(35)21-25)23-14-16-24(17-15-23)31(36)32-26-9-4-3-5-10-26;1-2-18-33-26-10-6-11-27(33)21-32(19-17-26)29(24-7-5-12-28(34)20-24)22-13-15-23(16-14-22)30(35)31-25-8-3-4-9-25/h3,8,10,15-19,23,28-30,32H,1,4-7,9,11-14,20-22,24H2,2H3,(H,34,37);3,7,9,14-18,22,27-29,31H,1,4-6,8,10-13,19-21,23H2,2H3,(H,33,36);2,6,8,13-17,21,26-28,30,35H,1,3-5,7,9-12,18-20,22H2,(H,32,36);2,5,7,12-16,20,25-27,29,34H,1,3-4,6,8-11,17-19,21H2,(H,31,35). The van der Waals surface area contributed by atoms with Crippen molar-refractivity contribution in [2.24, 2.45) is 0 Å². The molecule has 0 spiro atoms. The fraction of sp³-hybridized carbons (Fsp3) is 0.524. The molecule has 8 aliphatic heterocycles. The van der Waals surface area contributed by atoms with Gasteiger partial charge in [-0.25, -0.2) is 0 Å². The molecule has 12 atom stereocenters. The van der Waals surface area contributed by atoms with E-state index in [4.69, 9.17) is 9.47 Å². The SMILES string of the molecule is C=CCN1C2CCCC1CN(C(c1ccc(C(=O)NC3CCCC3)cc1)c1cccc(O)c1)CC2.C=CCN1C2CCCC1CN(C(c1ccc(C(=O)NC3CCCCC3)cc1)c1cccc(O)c1)CC2.C=CCN1C2CCCC1CN(C(c1ccc(C(=O)NC3CCCCC3)cc1)c1cccc(OC)c1)CC2.C=CCN1C2CCCC1CN(C(c1ccc(C(=O)NC3CCCCCC3)cc1)c1cccc(OC)c1)CC2. The van der Waals surface area contributed by atoms with Crippen LogP contribution in [0.15, 0.2) is 245 Å². The third kappa shape index (κ3) is 28.0. The van der Waals surface area contributed by atoms with Gasteiger partial charge in [0.05, 0.1) is 38.4 Å². The van der Waals surface area contributed by atoms with E-state index >= 15 is 0 Å². The maximum Gasteiger partial charge on any atom is 0.251 e. The van der Waals surface area contributed by atoms with E-state index in [2.05, 4.69) is 196 Å². The molecule has 4 saturated carbocycles. The minimum Gasteiger partial charge on any atom is -0.508 e. The number of phenolic OH excluding ortho intramolecular Hbond substituents is 2. The second-order valence-corrected chi connectivity index (χ2v) is 44.1. The van der Waals surface area contributed by atoms with Crippen molar-refractivity contribution in [2.75, 3.05) is 92.8 Å². The zero-order valence-electron chi connectivity index (χ0n) is 87.7. The number of amides is 4. The van der Waals surface area contributed by atoms with Gasteiger partial charge in [-0.3, -0.25) is 58.4 Å². The van der Waals surface area contributed by atoms with Gasteiger partial charge in [0.15, 0.2) is 0 Å². The normalized spacial score (nSPS) is 24.3. The monoisotopic (exact) mass is 1980 g/mol. The Balaban J connectivity index is 0.000000133. The molecular weight excluding hydrogens is 1810 g/mol. The summed E-state index contributed by atoms with van der Waals surface area (Å²) in [6.07, 6.45) is 51.6. The second-order valence-electron chi connectivity index (χ2n) is 44.1. The maximum atomic E-state index is 13.1. The van der Waals surface area contributed by atoms with Crippen LogP contribution in [0, 0.1) is 0 Å². The lowest BCUT2D eigenvalue weighted by Crippen LogP contribution is -2.48. The Kier molecular flexibility index (Phi) is 39.2. The molecule has 146 heavy (non-hydrogen) atoms. The number of aromatic hydroxyl groups is 2. The van der Waals surface area contributed by atoms with Gasteiger partial charge in [-0.2, -0.15) is 0 Å². The molecule has 8 bridgehead atoms. The Morgan fingerprint density at radius 2 is 0.493 bits per heavy atom. The van der Waals surface area contributed by atoms with E-state index in [0.717, 1.165) is 188 Å². The molecule has 8 saturated heterocycles. The molecule has 20 nitrogen and oxygen atoms in total. The molecule has 4 aliphatic carbocycles. The highest BCUT2D eigenvalue weighted by Gasteiger charge is 2.43. The van der Waals surface area contributed by atoms with Crippen molar-refractivity contribution in [2.45, 2.75) is 328 Å². The second kappa shape index (κ2) is 53.6. The summed E-state index contributed by atoms with van der Waals surface area (Å²) in [4.78, 5) is 73.0. The van der Waals surface area contributed by atoms with E-state index in [1.807, 2.05) is 97.1 Å². The molecule has 8 heterocycles. The van der Waals surface area contributed by atoms with Crippen LogP contribution in [0.1, 0.15) is 341 Å². The van der Waals surface area contributed by atoms with Gasteiger partial charge < -0.3 is 41.0 Å². The van der Waals surface area contributed by atoms with Crippen molar-refractivity contribution < 1.29 is 38.9 Å². The molecule has 12 aliphatic rings. The molecule has 0 radical (unpaired) electrons. The summed E-state index contributed by atoms with van der Waals surface area (Å²) >= 11 is 0. The highest BCUT2D eigenvalue weighted by atomic mass is 16.5. The number of ether oxygens (including phenoxy) is 2. The molecule has 8 aromatic carbocycles. The Morgan fingerprint density at radius 1 is 0.274 bits per heavy atom. The third-order valence-corrected chi connectivity index (χ3v) is 34.6. The van der Waals surface area contributed by atoms with Gasteiger partial charge in [0, 0.05) is 173 Å². The van der Waals surface area contributed by atoms with E-state index in [1.54, 1.807) is 26.4 Å². The topological polar surface area (TPSA) is 201 Å². The van der Waals surface area contributed by atoms with E-state index < -0.39 is 0 Å². The van der Waals surface area contributed by atoms with Crippen LogP contribution in [0.5, 0.6) is 23.0 Å². The van der Waals surface area contributed by atoms with Gasteiger partial charge in [0.1, 0.15) is 23.0 Å². The molecule has 0 aromatic heterocycles. The Hall–Kier alpha value is -10.5. The lowest BCUT2D eigenvalue weighted by atomic mass is 9.93. The van der Waals surface area contributed by atoms with Crippen molar-refractivity contribution in [3.05, 3.63) is 312 Å². The van der Waals surface area contributed by atoms with Gasteiger partial charge >= 0.3 is 0 Å². The summed E-state index contributed by atoms with van der Waals surface area (Å²) < 4.78 is 11.2. The zero-order valence-corrected chi connectivity index (χ0v) is 87.7. The number of fused-ring (bicyclic) bond motifs is 8. The number of methoxy groups -OCH3 is 2. The number of piperidine rings is 4. The first-order chi connectivity index (χ1) is 71.6.